The Balaban J connectivity index is 2.47. The predicted molar refractivity (Wildman–Crippen MR) is 57.2 cm³/mol. The molecule has 1 aliphatic rings. The summed E-state index contributed by atoms with van der Waals surface area (Å²) in [6, 6.07) is -0.510. The fourth-order valence-electron chi connectivity index (χ4n) is 1.98. The first-order chi connectivity index (χ1) is 7.11. The molecule has 0 aromatic heterocycles. The number of nitrogens with zero attached hydrogens (tertiary/aromatic N) is 1. The molecule has 0 aromatic rings. The summed E-state index contributed by atoms with van der Waals surface area (Å²) < 4.78 is 0. The molecule has 15 heavy (non-hydrogen) atoms. The van der Waals surface area contributed by atoms with Crippen LogP contribution in [0.3, 0.4) is 0 Å². The van der Waals surface area contributed by atoms with E-state index in [1.165, 1.54) is 6.42 Å². The molecule has 1 fully saturated rings. The first kappa shape index (κ1) is 11.9. The van der Waals surface area contributed by atoms with Gasteiger partial charge in [0.05, 0.1) is 0 Å². The van der Waals surface area contributed by atoms with Crippen LogP contribution in [0.25, 0.3) is 0 Å². The Kier molecular flexibility index (Phi) is 4.46. The normalized spacial score (nSPS) is 20.3. The Morgan fingerprint density at radius 1 is 1.33 bits per heavy atom. The summed E-state index contributed by atoms with van der Waals surface area (Å²) in [4.78, 5) is 25.8. The maximum Gasteiger partial charge on any atom is 0.346 e. The van der Waals surface area contributed by atoms with Gasteiger partial charge >= 0.3 is 5.97 Å². The van der Waals surface area contributed by atoms with Crippen LogP contribution in [0.5, 0.6) is 0 Å². The topological polar surface area (TPSA) is 66.7 Å². The summed E-state index contributed by atoms with van der Waals surface area (Å²) in [5.74, 6) is -0.912. The minimum Gasteiger partial charge on any atom is -0.477 e. The SMILES string of the molecule is C[C@H](N=CC(=O)O)C(=O)C1CCCCC1. The molecule has 0 unspecified atom stereocenters. The van der Waals surface area contributed by atoms with Crippen molar-refractivity contribution >= 4 is 18.0 Å². The fourth-order valence-corrected chi connectivity index (χ4v) is 1.98. The lowest BCUT2D eigenvalue weighted by molar-refractivity contribution is -0.128. The number of hydrogen-bond acceptors (Lipinski definition) is 3. The molecular formula is C11H17NO3. The summed E-state index contributed by atoms with van der Waals surface area (Å²) >= 11 is 0. The number of carbonyl (C=O) groups is 2. The van der Waals surface area contributed by atoms with Gasteiger partial charge in [0.25, 0.3) is 0 Å². The quantitative estimate of drug-likeness (QED) is 0.719. The van der Waals surface area contributed by atoms with Crippen molar-refractivity contribution < 1.29 is 14.7 Å². The average Bonchev–Trinajstić information content (AvgIpc) is 2.26. The standard InChI is InChI=1S/C11H17NO3/c1-8(12-7-10(13)14)11(15)9-5-3-2-4-6-9/h7-9H,2-6H2,1H3,(H,13,14)/t8-/m0/s1. The van der Waals surface area contributed by atoms with Crippen LogP contribution in [0.1, 0.15) is 39.0 Å². The van der Waals surface area contributed by atoms with Gasteiger partial charge in [-0.15, -0.1) is 0 Å². The monoisotopic (exact) mass is 211 g/mol. The number of aliphatic imine (C=N–C) groups is 1. The molecule has 0 saturated heterocycles. The van der Waals surface area contributed by atoms with E-state index in [2.05, 4.69) is 4.99 Å². The smallest absolute Gasteiger partial charge is 0.346 e. The minimum atomic E-state index is -1.10. The van der Waals surface area contributed by atoms with Gasteiger partial charge in [-0.3, -0.25) is 9.79 Å². The van der Waals surface area contributed by atoms with Gasteiger partial charge in [-0.1, -0.05) is 19.3 Å². The van der Waals surface area contributed by atoms with Crippen molar-refractivity contribution in [2.75, 3.05) is 0 Å². The van der Waals surface area contributed by atoms with Gasteiger partial charge < -0.3 is 5.11 Å². The highest BCUT2D eigenvalue weighted by Crippen LogP contribution is 2.25. The number of rotatable bonds is 4. The molecule has 0 radical (unpaired) electrons. The predicted octanol–water partition coefficient (Wildman–Crippen LogP) is 1.68. The number of hydrogen-bond donors (Lipinski definition) is 1. The molecule has 0 aromatic carbocycles. The van der Waals surface area contributed by atoms with E-state index in [0.717, 1.165) is 31.9 Å². The number of aliphatic carboxylic acids is 1. The third-order valence-electron chi connectivity index (χ3n) is 2.83. The molecule has 0 bridgehead atoms. The van der Waals surface area contributed by atoms with Crippen molar-refractivity contribution in [3.05, 3.63) is 0 Å². The molecule has 4 heteroatoms. The van der Waals surface area contributed by atoms with Crippen molar-refractivity contribution in [2.24, 2.45) is 10.9 Å². The van der Waals surface area contributed by atoms with E-state index in [0.29, 0.717) is 0 Å². The van der Waals surface area contributed by atoms with Gasteiger partial charge in [-0.05, 0) is 19.8 Å². The second-order valence-electron chi connectivity index (χ2n) is 4.03. The summed E-state index contributed by atoms with van der Waals surface area (Å²) in [6.07, 6.45) is 6.09. The number of carbonyl (C=O) groups excluding carboxylic acids is 1. The minimum absolute atomic E-state index is 0.0900. The molecule has 84 valence electrons. The highest BCUT2D eigenvalue weighted by atomic mass is 16.4. The van der Waals surface area contributed by atoms with Crippen LogP contribution in [0, 0.1) is 5.92 Å². The molecule has 1 N–H and O–H groups in total. The molecule has 0 aliphatic heterocycles. The highest BCUT2D eigenvalue weighted by molar-refractivity contribution is 6.22. The number of Topliss-reactive ketones (excluding diaryl/α,β-unsaturated/α-hetero) is 1. The van der Waals surface area contributed by atoms with Gasteiger partial charge in [0, 0.05) is 5.92 Å². The lowest BCUT2D eigenvalue weighted by Gasteiger charge is -2.21. The van der Waals surface area contributed by atoms with Crippen LogP contribution in [0.4, 0.5) is 0 Å². The van der Waals surface area contributed by atoms with Gasteiger partial charge in [0.1, 0.15) is 12.3 Å². The molecule has 1 aliphatic carbocycles. The Labute approximate surface area is 89.4 Å². The third kappa shape index (κ3) is 3.81. The van der Waals surface area contributed by atoms with Crippen LogP contribution < -0.4 is 0 Å². The summed E-state index contributed by atoms with van der Waals surface area (Å²) in [6.45, 7) is 1.66. The van der Waals surface area contributed by atoms with Crippen molar-refractivity contribution in [3.63, 3.8) is 0 Å². The molecule has 0 heterocycles. The zero-order valence-corrected chi connectivity index (χ0v) is 8.98. The number of carboxylic acid groups (broad SMARTS) is 1. The maximum atomic E-state index is 11.8. The molecule has 4 nitrogen and oxygen atoms in total. The zero-order valence-electron chi connectivity index (χ0n) is 8.98. The van der Waals surface area contributed by atoms with Gasteiger partial charge in [-0.25, -0.2) is 4.79 Å². The third-order valence-corrected chi connectivity index (χ3v) is 2.83. The van der Waals surface area contributed by atoms with Crippen molar-refractivity contribution in [1.82, 2.24) is 0 Å². The molecule has 1 rings (SSSR count). The van der Waals surface area contributed by atoms with Crippen LogP contribution in [-0.2, 0) is 9.59 Å². The lowest BCUT2D eigenvalue weighted by Crippen LogP contribution is -2.26. The summed E-state index contributed by atoms with van der Waals surface area (Å²) in [5, 5.41) is 8.39. The molecule has 0 spiro atoms. The second kappa shape index (κ2) is 5.63. The van der Waals surface area contributed by atoms with E-state index in [1.54, 1.807) is 6.92 Å². The lowest BCUT2D eigenvalue weighted by atomic mass is 9.84. The molecule has 1 saturated carbocycles. The second-order valence-corrected chi connectivity index (χ2v) is 4.03. The zero-order chi connectivity index (χ0) is 11.3. The number of ketones is 1. The Morgan fingerprint density at radius 3 is 2.47 bits per heavy atom. The van der Waals surface area contributed by atoms with Crippen molar-refractivity contribution in [3.8, 4) is 0 Å². The van der Waals surface area contributed by atoms with Crippen LogP contribution in [-0.4, -0.2) is 29.1 Å². The first-order valence-corrected chi connectivity index (χ1v) is 5.41. The fraction of sp³-hybridized carbons (Fsp3) is 0.727. The summed E-state index contributed by atoms with van der Waals surface area (Å²) in [5.41, 5.74) is 0. The first-order valence-electron chi connectivity index (χ1n) is 5.41. The Bertz CT molecular complexity index is 267. The van der Waals surface area contributed by atoms with Crippen LogP contribution >= 0.6 is 0 Å². The maximum absolute atomic E-state index is 11.8. The van der Waals surface area contributed by atoms with Crippen molar-refractivity contribution in [2.45, 2.75) is 45.1 Å². The number of carboxylic acids is 1. The van der Waals surface area contributed by atoms with Crippen molar-refractivity contribution in [1.29, 1.82) is 0 Å². The van der Waals surface area contributed by atoms with Gasteiger partial charge in [0.2, 0.25) is 0 Å². The van der Waals surface area contributed by atoms with E-state index in [1.807, 2.05) is 0 Å². The summed E-state index contributed by atoms with van der Waals surface area (Å²) in [7, 11) is 0. The van der Waals surface area contributed by atoms with E-state index in [-0.39, 0.29) is 11.7 Å². The van der Waals surface area contributed by atoms with Gasteiger partial charge in [-0.2, -0.15) is 0 Å². The van der Waals surface area contributed by atoms with Gasteiger partial charge in [0.15, 0.2) is 5.78 Å². The van der Waals surface area contributed by atoms with Crippen LogP contribution in [0.2, 0.25) is 0 Å². The average molecular weight is 211 g/mol. The van der Waals surface area contributed by atoms with E-state index < -0.39 is 12.0 Å². The molecule has 1 atom stereocenters. The van der Waals surface area contributed by atoms with Crippen LogP contribution in [0.15, 0.2) is 4.99 Å². The molecular weight excluding hydrogens is 194 g/mol. The largest absolute Gasteiger partial charge is 0.477 e. The molecule has 0 amide bonds. The Morgan fingerprint density at radius 2 is 1.93 bits per heavy atom. The van der Waals surface area contributed by atoms with E-state index in [4.69, 9.17) is 5.11 Å². The highest BCUT2D eigenvalue weighted by Gasteiger charge is 2.24. The van der Waals surface area contributed by atoms with E-state index >= 15 is 0 Å². The Hall–Kier alpha value is -1.19. The van der Waals surface area contributed by atoms with E-state index in [9.17, 15) is 9.59 Å².